The van der Waals surface area contributed by atoms with Crippen LogP contribution in [0.15, 0.2) is 47.5 Å². The highest BCUT2D eigenvalue weighted by molar-refractivity contribution is 7.92. The Morgan fingerprint density at radius 2 is 1.89 bits per heavy atom. The third kappa shape index (κ3) is 2.46. The molecule has 0 saturated carbocycles. The first-order valence-electron chi connectivity index (χ1n) is 6.21. The molecule has 0 unspecified atom stereocenters. The monoisotopic (exact) mass is 274 g/mol. The van der Waals surface area contributed by atoms with Gasteiger partial charge in [0.15, 0.2) is 0 Å². The van der Waals surface area contributed by atoms with E-state index in [2.05, 4.69) is 9.71 Å². The summed E-state index contributed by atoms with van der Waals surface area (Å²) in [4.78, 5) is 4.57. The van der Waals surface area contributed by atoms with E-state index in [4.69, 9.17) is 0 Å². The van der Waals surface area contributed by atoms with Crippen molar-refractivity contribution in [1.29, 1.82) is 0 Å². The summed E-state index contributed by atoms with van der Waals surface area (Å²) in [7, 11) is -3.52. The lowest BCUT2D eigenvalue weighted by atomic mass is 10.2. The van der Waals surface area contributed by atoms with Crippen molar-refractivity contribution < 1.29 is 8.42 Å². The van der Waals surface area contributed by atoms with E-state index in [1.807, 2.05) is 6.07 Å². The smallest absolute Gasteiger partial charge is 0.261 e. The minimum Gasteiger partial charge on any atom is -0.278 e. The number of nitrogens with zero attached hydrogens (tertiary/aromatic N) is 1. The van der Waals surface area contributed by atoms with Crippen LogP contribution in [0.2, 0.25) is 0 Å². The Balaban J connectivity index is 1.89. The van der Waals surface area contributed by atoms with Gasteiger partial charge in [-0.3, -0.25) is 9.71 Å². The predicted octanol–water partition coefficient (Wildman–Crippen LogP) is 2.37. The van der Waals surface area contributed by atoms with Gasteiger partial charge in [0.25, 0.3) is 10.0 Å². The van der Waals surface area contributed by atoms with E-state index in [9.17, 15) is 8.42 Å². The molecule has 1 aromatic heterocycles. The van der Waals surface area contributed by atoms with Crippen molar-refractivity contribution in [3.63, 3.8) is 0 Å². The van der Waals surface area contributed by atoms with E-state index in [1.54, 1.807) is 36.5 Å². The van der Waals surface area contributed by atoms with Crippen LogP contribution < -0.4 is 4.72 Å². The lowest BCUT2D eigenvalue weighted by Gasteiger charge is -2.09. The Labute approximate surface area is 112 Å². The molecule has 98 valence electrons. The Kier molecular flexibility index (Phi) is 2.98. The van der Waals surface area contributed by atoms with Gasteiger partial charge in [-0.2, -0.15) is 0 Å². The summed E-state index contributed by atoms with van der Waals surface area (Å²) in [6, 6.07) is 10.2. The first-order chi connectivity index (χ1) is 9.15. The number of fused-ring (bicyclic) bond motifs is 1. The Bertz CT molecular complexity index is 697. The van der Waals surface area contributed by atoms with Crippen LogP contribution in [0, 0.1) is 0 Å². The zero-order chi connectivity index (χ0) is 13.3. The number of sulfonamides is 1. The highest BCUT2D eigenvalue weighted by Crippen LogP contribution is 2.24. The molecule has 2 aromatic rings. The fourth-order valence-electron chi connectivity index (χ4n) is 2.30. The second-order valence-corrected chi connectivity index (χ2v) is 6.28. The third-order valence-corrected chi connectivity index (χ3v) is 4.62. The van der Waals surface area contributed by atoms with Gasteiger partial charge in [-0.25, -0.2) is 8.42 Å². The zero-order valence-electron chi connectivity index (χ0n) is 10.3. The van der Waals surface area contributed by atoms with E-state index in [1.165, 1.54) is 0 Å². The van der Waals surface area contributed by atoms with Crippen molar-refractivity contribution in [2.75, 3.05) is 4.72 Å². The minimum atomic E-state index is -3.52. The average molecular weight is 274 g/mol. The molecule has 5 heteroatoms. The Morgan fingerprint density at radius 1 is 1.11 bits per heavy atom. The molecular weight excluding hydrogens is 260 g/mol. The SMILES string of the molecule is O=S(=O)(Nc1cnc2c(c1)CCC2)c1ccccc1. The van der Waals surface area contributed by atoms with Gasteiger partial charge in [-0.15, -0.1) is 0 Å². The van der Waals surface area contributed by atoms with Crippen molar-refractivity contribution >= 4 is 15.7 Å². The van der Waals surface area contributed by atoms with Crippen LogP contribution in [0.1, 0.15) is 17.7 Å². The number of hydrogen-bond acceptors (Lipinski definition) is 3. The second-order valence-electron chi connectivity index (χ2n) is 4.60. The van der Waals surface area contributed by atoms with Gasteiger partial charge in [0, 0.05) is 5.69 Å². The Hall–Kier alpha value is -1.88. The summed E-state index contributed by atoms with van der Waals surface area (Å²) in [5, 5.41) is 0. The lowest BCUT2D eigenvalue weighted by Crippen LogP contribution is -2.13. The van der Waals surface area contributed by atoms with Gasteiger partial charge in [0.05, 0.1) is 16.8 Å². The molecule has 1 aromatic carbocycles. The van der Waals surface area contributed by atoms with Crippen molar-refractivity contribution in [2.24, 2.45) is 0 Å². The number of aryl methyl sites for hydroxylation is 2. The van der Waals surface area contributed by atoms with Crippen LogP contribution in [0.5, 0.6) is 0 Å². The molecule has 0 radical (unpaired) electrons. The quantitative estimate of drug-likeness (QED) is 0.934. The third-order valence-electron chi connectivity index (χ3n) is 3.23. The second kappa shape index (κ2) is 4.66. The number of benzene rings is 1. The minimum absolute atomic E-state index is 0.260. The fourth-order valence-corrected chi connectivity index (χ4v) is 3.35. The molecular formula is C14H14N2O2S. The molecule has 1 heterocycles. The average Bonchev–Trinajstić information content (AvgIpc) is 2.87. The van der Waals surface area contributed by atoms with Crippen LogP contribution >= 0.6 is 0 Å². The van der Waals surface area contributed by atoms with E-state index in [-0.39, 0.29) is 4.90 Å². The van der Waals surface area contributed by atoms with Crippen LogP contribution in [0.4, 0.5) is 5.69 Å². The molecule has 0 saturated heterocycles. The zero-order valence-corrected chi connectivity index (χ0v) is 11.2. The molecule has 3 rings (SSSR count). The predicted molar refractivity (Wildman–Crippen MR) is 73.5 cm³/mol. The number of pyridine rings is 1. The maximum absolute atomic E-state index is 12.2. The molecule has 1 aliphatic carbocycles. The summed E-state index contributed by atoms with van der Waals surface area (Å²) < 4.78 is 26.9. The van der Waals surface area contributed by atoms with Gasteiger partial charge < -0.3 is 0 Å². The van der Waals surface area contributed by atoms with E-state index < -0.39 is 10.0 Å². The number of hydrogen-bond donors (Lipinski definition) is 1. The summed E-state index contributed by atoms with van der Waals surface area (Å²) >= 11 is 0. The highest BCUT2D eigenvalue weighted by atomic mass is 32.2. The molecule has 0 spiro atoms. The number of aromatic nitrogens is 1. The maximum Gasteiger partial charge on any atom is 0.261 e. The van der Waals surface area contributed by atoms with Gasteiger partial charge in [0.2, 0.25) is 0 Å². The highest BCUT2D eigenvalue weighted by Gasteiger charge is 2.16. The van der Waals surface area contributed by atoms with Crippen molar-refractivity contribution in [3.05, 3.63) is 53.9 Å². The fraction of sp³-hybridized carbons (Fsp3) is 0.214. The van der Waals surface area contributed by atoms with Gasteiger partial charge >= 0.3 is 0 Å². The maximum atomic E-state index is 12.2. The van der Waals surface area contributed by atoms with Crippen molar-refractivity contribution in [2.45, 2.75) is 24.2 Å². The van der Waals surface area contributed by atoms with Gasteiger partial charge in [0.1, 0.15) is 0 Å². The first kappa shape index (κ1) is 12.2. The summed E-state index contributed by atoms with van der Waals surface area (Å²) in [5.41, 5.74) is 2.76. The molecule has 1 N–H and O–H groups in total. The molecule has 0 aliphatic heterocycles. The van der Waals surface area contributed by atoms with Crippen molar-refractivity contribution in [3.8, 4) is 0 Å². The van der Waals surface area contributed by atoms with Gasteiger partial charge in [-0.05, 0) is 43.0 Å². The Morgan fingerprint density at radius 3 is 2.68 bits per heavy atom. The number of nitrogens with one attached hydrogen (secondary N) is 1. The van der Waals surface area contributed by atoms with Gasteiger partial charge in [-0.1, -0.05) is 18.2 Å². The number of anilines is 1. The molecule has 0 atom stereocenters. The molecule has 0 amide bonds. The normalized spacial score (nSPS) is 14.1. The van der Waals surface area contributed by atoms with E-state index in [0.29, 0.717) is 5.69 Å². The topological polar surface area (TPSA) is 59.1 Å². The van der Waals surface area contributed by atoms with Crippen LogP contribution in [-0.4, -0.2) is 13.4 Å². The molecule has 0 bridgehead atoms. The van der Waals surface area contributed by atoms with E-state index >= 15 is 0 Å². The number of rotatable bonds is 3. The first-order valence-corrected chi connectivity index (χ1v) is 7.69. The molecule has 4 nitrogen and oxygen atoms in total. The van der Waals surface area contributed by atoms with Crippen LogP contribution in [0.25, 0.3) is 0 Å². The standard InChI is InChI=1S/C14H14N2O2S/c17-19(18,13-6-2-1-3-7-13)16-12-9-11-5-4-8-14(11)15-10-12/h1-3,6-7,9-10,16H,4-5,8H2. The lowest BCUT2D eigenvalue weighted by molar-refractivity contribution is 0.601. The molecule has 19 heavy (non-hydrogen) atoms. The largest absolute Gasteiger partial charge is 0.278 e. The van der Waals surface area contributed by atoms with E-state index in [0.717, 1.165) is 30.5 Å². The summed E-state index contributed by atoms with van der Waals surface area (Å²) in [5.74, 6) is 0. The molecule has 1 aliphatic rings. The summed E-state index contributed by atoms with van der Waals surface area (Å²) in [6.45, 7) is 0. The van der Waals surface area contributed by atoms with Crippen molar-refractivity contribution in [1.82, 2.24) is 4.98 Å². The van der Waals surface area contributed by atoms with Crippen LogP contribution in [-0.2, 0) is 22.9 Å². The van der Waals surface area contributed by atoms with Crippen LogP contribution in [0.3, 0.4) is 0 Å². The summed E-state index contributed by atoms with van der Waals surface area (Å²) in [6.07, 6.45) is 4.64. The molecule has 0 fully saturated rings.